The summed E-state index contributed by atoms with van der Waals surface area (Å²) in [5, 5.41) is 10.9. The Morgan fingerprint density at radius 3 is 2.44 bits per heavy atom. The van der Waals surface area contributed by atoms with Crippen LogP contribution in [0.15, 0.2) is 30.3 Å². The molecule has 0 radical (unpaired) electrons. The number of carboxylic acid groups (broad SMARTS) is 1. The molecule has 1 amide bonds. The third-order valence-corrected chi connectivity index (χ3v) is 3.66. The summed E-state index contributed by atoms with van der Waals surface area (Å²) < 4.78 is 0. The van der Waals surface area contributed by atoms with Gasteiger partial charge in [0.25, 0.3) is 0 Å². The summed E-state index contributed by atoms with van der Waals surface area (Å²) in [6.45, 7) is 3.23. The first-order valence-corrected chi connectivity index (χ1v) is 6.74. The van der Waals surface area contributed by atoms with Gasteiger partial charge in [0.1, 0.15) is 6.04 Å². The lowest BCUT2D eigenvalue weighted by Crippen LogP contribution is -2.42. The Morgan fingerprint density at radius 2 is 1.89 bits per heavy atom. The Kier molecular flexibility index (Phi) is 5.71. The molecule has 0 spiro atoms. The van der Waals surface area contributed by atoms with E-state index in [0.717, 1.165) is 11.3 Å². The number of aliphatic carboxylic acids is 1. The van der Waals surface area contributed by atoms with Crippen LogP contribution in [0.4, 0.5) is 0 Å². The predicted octanol–water partition coefficient (Wildman–Crippen LogP) is 1.90. The molecule has 0 fully saturated rings. The molecule has 0 heterocycles. The zero-order chi connectivity index (χ0) is 13.5. The molecule has 98 valence electrons. The number of rotatable bonds is 6. The summed E-state index contributed by atoms with van der Waals surface area (Å²) in [4.78, 5) is 22.3. The van der Waals surface area contributed by atoms with E-state index in [2.05, 4.69) is 5.32 Å². The van der Waals surface area contributed by atoms with Gasteiger partial charge in [-0.1, -0.05) is 30.3 Å². The quantitative estimate of drug-likeness (QED) is 0.826. The van der Waals surface area contributed by atoms with Crippen LogP contribution in [0.2, 0.25) is 0 Å². The van der Waals surface area contributed by atoms with E-state index in [1.54, 1.807) is 6.92 Å². The van der Waals surface area contributed by atoms with Crippen molar-refractivity contribution in [2.75, 3.05) is 0 Å². The van der Waals surface area contributed by atoms with Gasteiger partial charge in [-0.15, -0.1) is 11.8 Å². The fourth-order valence-corrected chi connectivity index (χ4v) is 2.12. The second kappa shape index (κ2) is 7.06. The molecule has 0 aliphatic heterocycles. The van der Waals surface area contributed by atoms with Gasteiger partial charge in [0.2, 0.25) is 5.91 Å². The summed E-state index contributed by atoms with van der Waals surface area (Å²) in [5.41, 5.74) is 1.15. The topological polar surface area (TPSA) is 66.4 Å². The van der Waals surface area contributed by atoms with Crippen LogP contribution in [-0.4, -0.2) is 28.3 Å². The van der Waals surface area contributed by atoms with Crippen LogP contribution in [0.25, 0.3) is 0 Å². The number of carbonyl (C=O) groups excluding carboxylic acids is 1. The van der Waals surface area contributed by atoms with Crippen LogP contribution < -0.4 is 5.32 Å². The van der Waals surface area contributed by atoms with E-state index < -0.39 is 12.0 Å². The molecule has 0 aliphatic carbocycles. The van der Waals surface area contributed by atoms with Gasteiger partial charge < -0.3 is 10.4 Å². The van der Waals surface area contributed by atoms with Gasteiger partial charge in [-0.2, -0.15) is 0 Å². The first kappa shape index (κ1) is 14.6. The molecule has 1 aromatic carbocycles. The van der Waals surface area contributed by atoms with Crippen LogP contribution in [0, 0.1) is 0 Å². The molecule has 2 N–H and O–H groups in total. The molecule has 0 aromatic heterocycles. The summed E-state index contributed by atoms with van der Waals surface area (Å²) in [6.07, 6.45) is 0. The zero-order valence-corrected chi connectivity index (χ0v) is 11.2. The van der Waals surface area contributed by atoms with Gasteiger partial charge in [0.05, 0.1) is 5.25 Å². The zero-order valence-electron chi connectivity index (χ0n) is 10.4. The largest absolute Gasteiger partial charge is 0.480 e. The van der Waals surface area contributed by atoms with Crippen LogP contribution in [0.5, 0.6) is 0 Å². The molecule has 2 atom stereocenters. The van der Waals surface area contributed by atoms with Crippen LogP contribution >= 0.6 is 11.8 Å². The van der Waals surface area contributed by atoms with Gasteiger partial charge >= 0.3 is 5.97 Å². The van der Waals surface area contributed by atoms with Gasteiger partial charge in [0, 0.05) is 5.75 Å². The fraction of sp³-hybridized carbons (Fsp3) is 0.385. The smallest absolute Gasteiger partial charge is 0.325 e. The molecule has 0 bridgehead atoms. The molecule has 0 saturated carbocycles. The van der Waals surface area contributed by atoms with E-state index in [-0.39, 0.29) is 11.2 Å². The van der Waals surface area contributed by atoms with E-state index in [1.807, 2.05) is 30.3 Å². The number of hydrogen-bond donors (Lipinski definition) is 2. The first-order chi connectivity index (χ1) is 8.50. The van der Waals surface area contributed by atoms with Crippen molar-refractivity contribution in [1.29, 1.82) is 0 Å². The lowest BCUT2D eigenvalue weighted by Gasteiger charge is -2.14. The highest BCUT2D eigenvalue weighted by molar-refractivity contribution is 7.99. The van der Waals surface area contributed by atoms with Crippen molar-refractivity contribution in [1.82, 2.24) is 5.32 Å². The maximum atomic E-state index is 11.7. The van der Waals surface area contributed by atoms with Crippen molar-refractivity contribution in [3.05, 3.63) is 35.9 Å². The van der Waals surface area contributed by atoms with Crippen molar-refractivity contribution in [3.63, 3.8) is 0 Å². The number of carbonyl (C=O) groups is 2. The summed E-state index contributed by atoms with van der Waals surface area (Å²) in [5.74, 6) is -0.536. The standard InChI is InChI=1S/C13H17NO3S/c1-9(13(16)17)14-12(15)10(2)18-8-11-6-4-3-5-7-11/h3-7,9-10H,8H2,1-2H3,(H,14,15)(H,16,17)/t9-,10?/m1/s1. The number of benzene rings is 1. The average molecular weight is 267 g/mol. The Balaban J connectivity index is 2.39. The highest BCUT2D eigenvalue weighted by Gasteiger charge is 2.19. The lowest BCUT2D eigenvalue weighted by atomic mass is 10.2. The summed E-state index contributed by atoms with van der Waals surface area (Å²) >= 11 is 1.49. The van der Waals surface area contributed by atoms with E-state index in [0.29, 0.717) is 0 Å². The molecule has 1 rings (SSSR count). The minimum absolute atomic E-state index is 0.245. The molecule has 5 heteroatoms. The average Bonchev–Trinajstić information content (AvgIpc) is 2.36. The van der Waals surface area contributed by atoms with E-state index in [1.165, 1.54) is 18.7 Å². The van der Waals surface area contributed by atoms with Crippen molar-refractivity contribution >= 4 is 23.6 Å². The molecule has 18 heavy (non-hydrogen) atoms. The molecule has 0 saturated heterocycles. The van der Waals surface area contributed by atoms with E-state index >= 15 is 0 Å². The molecule has 0 aliphatic rings. The molecule has 4 nitrogen and oxygen atoms in total. The lowest BCUT2D eigenvalue weighted by molar-refractivity contribution is -0.141. The Hall–Kier alpha value is -1.49. The van der Waals surface area contributed by atoms with Crippen molar-refractivity contribution < 1.29 is 14.7 Å². The number of amides is 1. The highest BCUT2D eigenvalue weighted by atomic mass is 32.2. The number of carboxylic acids is 1. The van der Waals surface area contributed by atoms with Crippen molar-refractivity contribution in [2.24, 2.45) is 0 Å². The van der Waals surface area contributed by atoms with Crippen LogP contribution in [0.1, 0.15) is 19.4 Å². The third kappa shape index (κ3) is 4.79. The Bertz CT molecular complexity index is 408. The minimum Gasteiger partial charge on any atom is -0.480 e. The number of hydrogen-bond acceptors (Lipinski definition) is 3. The molecule has 1 aromatic rings. The summed E-state index contributed by atoms with van der Waals surface area (Å²) in [7, 11) is 0. The van der Waals surface area contributed by atoms with Gasteiger partial charge in [-0.3, -0.25) is 9.59 Å². The van der Waals surface area contributed by atoms with Gasteiger partial charge in [-0.05, 0) is 19.4 Å². The van der Waals surface area contributed by atoms with Crippen LogP contribution in [-0.2, 0) is 15.3 Å². The number of nitrogens with one attached hydrogen (secondary N) is 1. The van der Waals surface area contributed by atoms with Gasteiger partial charge in [-0.25, -0.2) is 0 Å². The highest BCUT2D eigenvalue weighted by Crippen LogP contribution is 2.17. The van der Waals surface area contributed by atoms with Crippen molar-refractivity contribution in [3.8, 4) is 0 Å². The molecular formula is C13H17NO3S. The molecular weight excluding hydrogens is 250 g/mol. The molecule has 1 unspecified atom stereocenters. The van der Waals surface area contributed by atoms with E-state index in [4.69, 9.17) is 5.11 Å². The second-order valence-electron chi connectivity index (χ2n) is 4.01. The Morgan fingerprint density at radius 1 is 1.28 bits per heavy atom. The van der Waals surface area contributed by atoms with E-state index in [9.17, 15) is 9.59 Å². The fourth-order valence-electron chi connectivity index (χ4n) is 1.26. The maximum absolute atomic E-state index is 11.7. The predicted molar refractivity (Wildman–Crippen MR) is 72.4 cm³/mol. The van der Waals surface area contributed by atoms with Gasteiger partial charge in [0.15, 0.2) is 0 Å². The van der Waals surface area contributed by atoms with Crippen molar-refractivity contribution in [2.45, 2.75) is 30.9 Å². The second-order valence-corrected chi connectivity index (χ2v) is 5.34. The minimum atomic E-state index is -1.02. The Labute approximate surface area is 111 Å². The summed E-state index contributed by atoms with van der Waals surface area (Å²) in [6, 6.07) is 8.99. The monoisotopic (exact) mass is 267 g/mol. The van der Waals surface area contributed by atoms with Crippen LogP contribution in [0.3, 0.4) is 0 Å². The first-order valence-electron chi connectivity index (χ1n) is 5.69. The SMILES string of the molecule is CC(SCc1ccccc1)C(=O)N[C@H](C)C(=O)O. The number of thioether (sulfide) groups is 1. The normalized spacial score (nSPS) is 13.7. The maximum Gasteiger partial charge on any atom is 0.325 e. The third-order valence-electron chi connectivity index (χ3n) is 2.44.